The summed E-state index contributed by atoms with van der Waals surface area (Å²) in [7, 11) is 0. The van der Waals surface area contributed by atoms with Crippen molar-refractivity contribution in [3.05, 3.63) is 0 Å². The highest BCUT2D eigenvalue weighted by atomic mass is 16.1. The van der Waals surface area contributed by atoms with Gasteiger partial charge in [-0.15, -0.1) is 0 Å². The van der Waals surface area contributed by atoms with E-state index in [1.54, 1.807) is 0 Å². The summed E-state index contributed by atoms with van der Waals surface area (Å²) in [5.74, 6) is 0.633. The third-order valence-corrected chi connectivity index (χ3v) is 2.22. The fraction of sp³-hybridized carbons (Fsp3) is 0.875. The number of carbonyl (C=O) groups is 1. The third-order valence-electron chi connectivity index (χ3n) is 2.22. The van der Waals surface area contributed by atoms with E-state index in [4.69, 9.17) is 5.73 Å². The van der Waals surface area contributed by atoms with E-state index in [1.807, 2.05) is 0 Å². The first-order chi connectivity index (χ1) is 5.24. The van der Waals surface area contributed by atoms with Gasteiger partial charge >= 0.3 is 0 Å². The van der Waals surface area contributed by atoms with Crippen LogP contribution in [0.1, 0.15) is 26.2 Å². The molecule has 2 atom stereocenters. The van der Waals surface area contributed by atoms with E-state index >= 15 is 0 Å². The van der Waals surface area contributed by atoms with Gasteiger partial charge in [-0.3, -0.25) is 4.79 Å². The largest absolute Gasteiger partial charge is 0.370 e. The first-order valence-corrected chi connectivity index (χ1v) is 4.25. The highest BCUT2D eigenvalue weighted by molar-refractivity contribution is 5.73. The number of amides is 1. The van der Waals surface area contributed by atoms with Crippen molar-refractivity contribution < 1.29 is 4.79 Å². The Morgan fingerprint density at radius 1 is 1.73 bits per heavy atom. The minimum atomic E-state index is -0.216. The van der Waals surface area contributed by atoms with E-state index < -0.39 is 0 Å². The normalized spacial score (nSPS) is 28.5. The molecule has 3 N–H and O–H groups in total. The first kappa shape index (κ1) is 8.53. The molecule has 0 saturated heterocycles. The standard InChI is InChI=1S/C8H16N2O/c1-2-6-5-7(6)10-4-3-8(9)11/h6-7,10H,2-5H2,1H3,(H2,9,11). The lowest BCUT2D eigenvalue weighted by Gasteiger charge is -1.99. The van der Waals surface area contributed by atoms with Crippen LogP contribution in [0, 0.1) is 5.92 Å². The highest BCUT2D eigenvalue weighted by Gasteiger charge is 2.34. The van der Waals surface area contributed by atoms with Crippen LogP contribution in [0.2, 0.25) is 0 Å². The topological polar surface area (TPSA) is 55.1 Å². The van der Waals surface area contributed by atoms with Gasteiger partial charge in [0.2, 0.25) is 5.91 Å². The summed E-state index contributed by atoms with van der Waals surface area (Å²) in [4.78, 5) is 10.3. The number of carbonyl (C=O) groups excluding carboxylic acids is 1. The van der Waals surface area contributed by atoms with Crippen LogP contribution in [0.4, 0.5) is 0 Å². The van der Waals surface area contributed by atoms with Gasteiger partial charge in [0.25, 0.3) is 0 Å². The first-order valence-electron chi connectivity index (χ1n) is 4.25. The molecular formula is C8H16N2O. The summed E-state index contributed by atoms with van der Waals surface area (Å²) < 4.78 is 0. The van der Waals surface area contributed by atoms with E-state index in [-0.39, 0.29) is 5.91 Å². The molecule has 1 fully saturated rings. The highest BCUT2D eigenvalue weighted by Crippen LogP contribution is 2.32. The van der Waals surface area contributed by atoms with Crippen LogP contribution in [0.25, 0.3) is 0 Å². The van der Waals surface area contributed by atoms with Gasteiger partial charge in [-0.2, -0.15) is 0 Å². The van der Waals surface area contributed by atoms with Crippen molar-refractivity contribution in [3.63, 3.8) is 0 Å². The Kier molecular flexibility index (Phi) is 2.88. The van der Waals surface area contributed by atoms with Crippen LogP contribution in [0.5, 0.6) is 0 Å². The lowest BCUT2D eigenvalue weighted by atomic mass is 10.3. The zero-order chi connectivity index (χ0) is 8.27. The summed E-state index contributed by atoms with van der Waals surface area (Å²) in [6, 6.07) is 0.666. The van der Waals surface area contributed by atoms with E-state index in [9.17, 15) is 4.79 Å². The molecule has 3 nitrogen and oxygen atoms in total. The number of nitrogens with one attached hydrogen (secondary N) is 1. The van der Waals surface area contributed by atoms with Gasteiger partial charge < -0.3 is 11.1 Å². The van der Waals surface area contributed by atoms with Crippen molar-refractivity contribution in [2.45, 2.75) is 32.2 Å². The smallest absolute Gasteiger partial charge is 0.218 e. The number of hydrogen-bond donors (Lipinski definition) is 2. The summed E-state index contributed by atoms with van der Waals surface area (Å²) in [6.45, 7) is 2.94. The molecule has 2 unspecified atom stereocenters. The second-order valence-corrected chi connectivity index (χ2v) is 3.18. The number of nitrogens with two attached hydrogens (primary N) is 1. The van der Waals surface area contributed by atoms with Gasteiger partial charge in [-0.25, -0.2) is 0 Å². The molecule has 1 aliphatic carbocycles. The zero-order valence-electron chi connectivity index (χ0n) is 6.97. The molecule has 0 radical (unpaired) electrons. The van der Waals surface area contributed by atoms with Crippen molar-refractivity contribution in [3.8, 4) is 0 Å². The molecule has 0 bridgehead atoms. The van der Waals surface area contributed by atoms with Crippen LogP contribution in [0.3, 0.4) is 0 Å². The Bertz CT molecular complexity index is 147. The summed E-state index contributed by atoms with van der Waals surface area (Å²) >= 11 is 0. The molecule has 0 spiro atoms. The summed E-state index contributed by atoms with van der Waals surface area (Å²) in [5, 5.41) is 3.29. The lowest BCUT2D eigenvalue weighted by Crippen LogP contribution is -2.24. The number of hydrogen-bond acceptors (Lipinski definition) is 2. The van der Waals surface area contributed by atoms with Crippen LogP contribution in [0.15, 0.2) is 0 Å². The zero-order valence-corrected chi connectivity index (χ0v) is 6.97. The van der Waals surface area contributed by atoms with E-state index in [2.05, 4.69) is 12.2 Å². The molecule has 0 aromatic carbocycles. The molecule has 64 valence electrons. The molecule has 0 aromatic heterocycles. The average molecular weight is 156 g/mol. The van der Waals surface area contributed by atoms with Crippen molar-refractivity contribution in [1.82, 2.24) is 5.32 Å². The molecule has 1 rings (SSSR count). The van der Waals surface area contributed by atoms with Gasteiger partial charge in [0.15, 0.2) is 0 Å². The SMILES string of the molecule is CCC1CC1NCCC(N)=O. The molecule has 0 heterocycles. The third kappa shape index (κ3) is 2.89. The van der Waals surface area contributed by atoms with Gasteiger partial charge in [0.05, 0.1) is 0 Å². The minimum absolute atomic E-state index is 0.216. The monoisotopic (exact) mass is 156 g/mol. The fourth-order valence-electron chi connectivity index (χ4n) is 1.33. The van der Waals surface area contributed by atoms with Crippen molar-refractivity contribution in [2.75, 3.05) is 6.54 Å². The molecule has 1 saturated carbocycles. The van der Waals surface area contributed by atoms with Gasteiger partial charge in [-0.05, 0) is 12.3 Å². The predicted octanol–water partition coefficient (Wildman–Crippen LogP) is 0.250. The number of primary amides is 1. The predicted molar refractivity (Wildman–Crippen MR) is 44.0 cm³/mol. The Hall–Kier alpha value is -0.570. The average Bonchev–Trinajstić information content (AvgIpc) is 2.66. The van der Waals surface area contributed by atoms with Crippen LogP contribution in [-0.2, 0) is 4.79 Å². The fourth-order valence-corrected chi connectivity index (χ4v) is 1.33. The van der Waals surface area contributed by atoms with Crippen LogP contribution >= 0.6 is 0 Å². The van der Waals surface area contributed by atoms with E-state index in [0.29, 0.717) is 12.5 Å². The molecule has 1 aliphatic rings. The van der Waals surface area contributed by atoms with Gasteiger partial charge in [0.1, 0.15) is 0 Å². The Labute approximate surface area is 67.3 Å². The lowest BCUT2D eigenvalue weighted by molar-refractivity contribution is -0.117. The Morgan fingerprint density at radius 3 is 2.91 bits per heavy atom. The summed E-state index contributed by atoms with van der Waals surface area (Å²) in [5.41, 5.74) is 4.99. The minimum Gasteiger partial charge on any atom is -0.370 e. The maximum Gasteiger partial charge on any atom is 0.218 e. The van der Waals surface area contributed by atoms with Gasteiger partial charge in [-0.1, -0.05) is 13.3 Å². The summed E-state index contributed by atoms with van der Waals surface area (Å²) in [6.07, 6.45) is 2.98. The van der Waals surface area contributed by atoms with Crippen LogP contribution in [-0.4, -0.2) is 18.5 Å². The van der Waals surface area contributed by atoms with Crippen molar-refractivity contribution >= 4 is 5.91 Å². The van der Waals surface area contributed by atoms with Crippen molar-refractivity contribution in [2.24, 2.45) is 11.7 Å². The Balaban J connectivity index is 1.93. The Morgan fingerprint density at radius 2 is 2.45 bits per heavy atom. The maximum atomic E-state index is 10.3. The van der Waals surface area contributed by atoms with Crippen molar-refractivity contribution in [1.29, 1.82) is 0 Å². The van der Waals surface area contributed by atoms with E-state index in [0.717, 1.165) is 12.5 Å². The second kappa shape index (κ2) is 3.72. The molecule has 11 heavy (non-hydrogen) atoms. The molecule has 0 aromatic rings. The molecule has 0 aliphatic heterocycles. The number of rotatable bonds is 5. The molecule has 3 heteroatoms. The quantitative estimate of drug-likeness (QED) is 0.599. The molecular weight excluding hydrogens is 140 g/mol. The van der Waals surface area contributed by atoms with E-state index in [1.165, 1.54) is 12.8 Å². The maximum absolute atomic E-state index is 10.3. The second-order valence-electron chi connectivity index (χ2n) is 3.18. The van der Waals surface area contributed by atoms with Gasteiger partial charge in [0, 0.05) is 19.0 Å². The van der Waals surface area contributed by atoms with Crippen LogP contribution < -0.4 is 11.1 Å². The molecule has 1 amide bonds.